The number of hydrogen-bond acceptors (Lipinski definition) is 2. The quantitative estimate of drug-likeness (QED) is 0.218. The van der Waals surface area contributed by atoms with E-state index in [1.807, 2.05) is 29.7 Å². The van der Waals surface area contributed by atoms with E-state index in [1.165, 1.54) is 58.6 Å². The van der Waals surface area contributed by atoms with E-state index in [9.17, 15) is 0 Å². The van der Waals surface area contributed by atoms with Crippen molar-refractivity contribution in [1.82, 2.24) is 14.1 Å². The highest BCUT2D eigenvalue weighted by Gasteiger charge is 2.18. The average molecular weight is 542 g/mol. The van der Waals surface area contributed by atoms with Crippen LogP contribution in [-0.4, -0.2) is 14.1 Å². The van der Waals surface area contributed by atoms with E-state index in [0.29, 0.717) is 0 Å². The van der Waals surface area contributed by atoms with Gasteiger partial charge in [0.05, 0.1) is 22.2 Å². The molecule has 4 aromatic heterocycles. The van der Waals surface area contributed by atoms with E-state index in [2.05, 4.69) is 136 Å². The van der Waals surface area contributed by atoms with Crippen LogP contribution in [0, 0.1) is 0 Å². The van der Waals surface area contributed by atoms with Crippen molar-refractivity contribution in [3.8, 4) is 22.6 Å². The molecule has 0 radical (unpaired) electrons. The molecule has 41 heavy (non-hydrogen) atoms. The normalized spacial score (nSPS) is 11.9. The number of nitrogens with zero attached hydrogens (tertiary/aromatic N) is 3. The van der Waals surface area contributed by atoms with Crippen LogP contribution in [0.5, 0.6) is 0 Å². The number of pyridine rings is 1. The van der Waals surface area contributed by atoms with Gasteiger partial charge in [-0.05, 0) is 72.8 Å². The van der Waals surface area contributed by atoms with Crippen LogP contribution in [0.4, 0.5) is 0 Å². The number of thiophene rings is 1. The van der Waals surface area contributed by atoms with Crippen molar-refractivity contribution < 1.29 is 0 Å². The average Bonchev–Trinajstić information content (AvgIpc) is 3.71. The number of hydrogen-bond donors (Lipinski definition) is 0. The van der Waals surface area contributed by atoms with Gasteiger partial charge in [-0.2, -0.15) is 0 Å². The zero-order chi connectivity index (χ0) is 26.9. The van der Waals surface area contributed by atoms with Crippen LogP contribution in [0.15, 0.2) is 140 Å². The maximum absolute atomic E-state index is 4.63. The summed E-state index contributed by atoms with van der Waals surface area (Å²) in [6.07, 6.45) is 4.03. The highest BCUT2D eigenvalue weighted by Crippen LogP contribution is 2.42. The van der Waals surface area contributed by atoms with Crippen LogP contribution in [-0.2, 0) is 0 Å². The molecule has 0 bridgehead atoms. The van der Waals surface area contributed by atoms with Crippen LogP contribution < -0.4 is 0 Å². The molecule has 0 aliphatic heterocycles. The molecule has 0 saturated heterocycles. The van der Waals surface area contributed by atoms with Gasteiger partial charge in [0.2, 0.25) is 0 Å². The topological polar surface area (TPSA) is 22.8 Å². The molecule has 0 amide bonds. The number of para-hydroxylation sites is 1. The third-order valence-electron chi connectivity index (χ3n) is 8.17. The lowest BCUT2D eigenvalue weighted by molar-refractivity contribution is 1.13. The van der Waals surface area contributed by atoms with Gasteiger partial charge in [0, 0.05) is 65.7 Å². The fraction of sp³-hybridized carbons (Fsp3) is 0. The Labute approximate surface area is 240 Å². The van der Waals surface area contributed by atoms with Gasteiger partial charge in [0.15, 0.2) is 0 Å². The number of rotatable bonds is 3. The van der Waals surface area contributed by atoms with E-state index in [-0.39, 0.29) is 0 Å². The van der Waals surface area contributed by atoms with E-state index < -0.39 is 0 Å². The molecule has 4 heterocycles. The van der Waals surface area contributed by atoms with Gasteiger partial charge in [0.1, 0.15) is 0 Å². The molecule has 0 fully saturated rings. The van der Waals surface area contributed by atoms with Crippen LogP contribution in [0.25, 0.3) is 75.5 Å². The summed E-state index contributed by atoms with van der Waals surface area (Å²) >= 11 is 1.87. The molecule has 9 aromatic rings. The summed E-state index contributed by atoms with van der Waals surface area (Å²) in [5, 5.41) is 6.37. The van der Waals surface area contributed by atoms with Crippen LogP contribution in [0.3, 0.4) is 0 Å². The Morgan fingerprint density at radius 3 is 2.20 bits per heavy atom. The summed E-state index contributed by atoms with van der Waals surface area (Å²) in [7, 11) is 0. The van der Waals surface area contributed by atoms with Crippen molar-refractivity contribution in [3.63, 3.8) is 0 Å². The largest absolute Gasteiger partial charge is 0.317 e. The Hall–Kier alpha value is -5.19. The molecular formula is C37H23N3S. The molecule has 192 valence electrons. The van der Waals surface area contributed by atoms with Gasteiger partial charge >= 0.3 is 0 Å². The monoisotopic (exact) mass is 541 g/mol. The lowest BCUT2D eigenvalue weighted by Gasteiger charge is -2.11. The van der Waals surface area contributed by atoms with Crippen molar-refractivity contribution in [1.29, 1.82) is 0 Å². The van der Waals surface area contributed by atoms with Crippen molar-refractivity contribution >= 4 is 64.2 Å². The Morgan fingerprint density at radius 1 is 0.512 bits per heavy atom. The van der Waals surface area contributed by atoms with Crippen molar-refractivity contribution in [3.05, 3.63) is 140 Å². The third-order valence-corrected chi connectivity index (χ3v) is 9.31. The van der Waals surface area contributed by atoms with Crippen molar-refractivity contribution in [2.75, 3.05) is 0 Å². The van der Waals surface area contributed by atoms with E-state index in [4.69, 9.17) is 0 Å². The van der Waals surface area contributed by atoms with E-state index in [1.54, 1.807) is 0 Å². The minimum Gasteiger partial charge on any atom is -0.317 e. The van der Waals surface area contributed by atoms with Gasteiger partial charge in [0.25, 0.3) is 0 Å². The Bertz CT molecular complexity index is 2410. The number of benzene rings is 5. The van der Waals surface area contributed by atoms with Gasteiger partial charge in [-0.15, -0.1) is 11.3 Å². The Kier molecular flexibility index (Phi) is 4.77. The molecular weight excluding hydrogens is 518 g/mol. The molecule has 5 aromatic carbocycles. The summed E-state index contributed by atoms with van der Waals surface area (Å²) < 4.78 is 7.36. The first-order chi connectivity index (χ1) is 20.3. The predicted octanol–water partition coefficient (Wildman–Crippen LogP) is 10.2. The van der Waals surface area contributed by atoms with Crippen LogP contribution >= 0.6 is 11.3 Å². The predicted molar refractivity (Wildman–Crippen MR) is 174 cm³/mol. The molecule has 9 rings (SSSR count). The fourth-order valence-corrected chi connectivity index (χ4v) is 7.42. The zero-order valence-corrected chi connectivity index (χ0v) is 22.8. The summed E-state index contributed by atoms with van der Waals surface area (Å²) in [5.41, 5.74) is 8.02. The van der Waals surface area contributed by atoms with Crippen molar-refractivity contribution in [2.45, 2.75) is 0 Å². The highest BCUT2D eigenvalue weighted by molar-refractivity contribution is 7.25. The zero-order valence-electron chi connectivity index (χ0n) is 22.0. The number of aromatic nitrogens is 3. The molecule has 0 unspecified atom stereocenters. The summed E-state index contributed by atoms with van der Waals surface area (Å²) in [5.74, 6) is 0. The Balaban J connectivity index is 1.40. The number of fused-ring (bicyclic) bond motifs is 7. The van der Waals surface area contributed by atoms with Gasteiger partial charge in [-0.1, -0.05) is 54.6 Å². The minimum absolute atomic E-state index is 0.976. The van der Waals surface area contributed by atoms with Gasteiger partial charge in [-0.3, -0.25) is 4.98 Å². The second-order valence-corrected chi connectivity index (χ2v) is 11.6. The summed E-state index contributed by atoms with van der Waals surface area (Å²) in [4.78, 5) is 4.63. The van der Waals surface area contributed by atoms with Crippen LogP contribution in [0.2, 0.25) is 0 Å². The van der Waals surface area contributed by atoms with E-state index in [0.717, 1.165) is 16.9 Å². The maximum Gasteiger partial charge on any atom is 0.0702 e. The molecule has 4 heteroatoms. The van der Waals surface area contributed by atoms with Gasteiger partial charge in [-0.25, -0.2) is 0 Å². The van der Waals surface area contributed by atoms with Crippen LogP contribution in [0.1, 0.15) is 0 Å². The first kappa shape index (κ1) is 22.6. The SMILES string of the molecule is c1ccc(-n2ccc3cc4c(cc32)c2cc3sc5ccccc5c3cc2n4-c2cccc(-c3ccccn3)c2)cc1. The van der Waals surface area contributed by atoms with Gasteiger partial charge < -0.3 is 9.13 Å². The second kappa shape index (κ2) is 8.65. The minimum atomic E-state index is 0.976. The summed E-state index contributed by atoms with van der Waals surface area (Å²) in [6, 6.07) is 45.9. The maximum atomic E-state index is 4.63. The first-order valence-electron chi connectivity index (χ1n) is 13.8. The molecule has 0 aliphatic rings. The smallest absolute Gasteiger partial charge is 0.0702 e. The van der Waals surface area contributed by atoms with Crippen molar-refractivity contribution in [2.24, 2.45) is 0 Å². The molecule has 0 aliphatic carbocycles. The fourth-order valence-electron chi connectivity index (χ4n) is 6.29. The molecule has 0 N–H and O–H groups in total. The Morgan fingerprint density at radius 2 is 1.29 bits per heavy atom. The molecule has 0 atom stereocenters. The highest BCUT2D eigenvalue weighted by atomic mass is 32.1. The summed E-state index contributed by atoms with van der Waals surface area (Å²) in [6.45, 7) is 0. The lowest BCUT2D eigenvalue weighted by atomic mass is 10.1. The first-order valence-corrected chi connectivity index (χ1v) is 14.6. The third kappa shape index (κ3) is 3.41. The molecule has 3 nitrogen and oxygen atoms in total. The standard InChI is InChI=1S/C37H23N3S/c1-2-10-26(11-3-1)39-18-16-25-20-34-29(21-33(25)39)30-23-37-31(28-13-4-5-15-36(28)41-37)22-35(30)40(34)27-12-8-9-24(19-27)32-14-6-7-17-38-32/h1-23H. The van der Waals surface area contributed by atoms with E-state index >= 15 is 0 Å². The molecule has 0 spiro atoms. The lowest BCUT2D eigenvalue weighted by Crippen LogP contribution is -1.95. The molecule has 0 saturated carbocycles. The second-order valence-electron chi connectivity index (χ2n) is 10.5.